The zero-order chi connectivity index (χ0) is 13.5. The second-order valence-electron chi connectivity index (χ2n) is 4.60. The lowest BCUT2D eigenvalue weighted by atomic mass is 10.4. The SMILES string of the molecule is Cc1cc(-c2nc(CS(=O)(=O)NC3CC3)no2)n[nH]1. The monoisotopic (exact) mass is 283 g/mol. The molecular formula is C10H13N5O3S. The zero-order valence-corrected chi connectivity index (χ0v) is 11.1. The van der Waals surface area contributed by atoms with E-state index in [0.717, 1.165) is 18.5 Å². The van der Waals surface area contributed by atoms with Crippen LogP contribution in [0.3, 0.4) is 0 Å². The molecule has 0 bridgehead atoms. The van der Waals surface area contributed by atoms with E-state index in [0.29, 0.717) is 5.69 Å². The first-order valence-electron chi connectivity index (χ1n) is 5.87. The molecule has 9 heteroatoms. The Morgan fingerprint density at radius 3 is 2.95 bits per heavy atom. The van der Waals surface area contributed by atoms with Crippen molar-refractivity contribution >= 4 is 10.0 Å². The molecule has 0 aliphatic heterocycles. The third-order valence-electron chi connectivity index (χ3n) is 2.64. The summed E-state index contributed by atoms with van der Waals surface area (Å²) in [5.74, 6) is 0.0564. The summed E-state index contributed by atoms with van der Waals surface area (Å²) in [5, 5.41) is 10.4. The number of H-pyrrole nitrogens is 1. The lowest BCUT2D eigenvalue weighted by Gasteiger charge is -2.00. The minimum absolute atomic E-state index is 0.0744. The molecule has 8 nitrogen and oxygen atoms in total. The molecule has 2 N–H and O–H groups in total. The molecule has 1 saturated carbocycles. The summed E-state index contributed by atoms with van der Waals surface area (Å²) in [6.07, 6.45) is 1.78. The van der Waals surface area contributed by atoms with E-state index in [-0.39, 0.29) is 23.5 Å². The smallest absolute Gasteiger partial charge is 0.278 e. The van der Waals surface area contributed by atoms with Crippen LogP contribution < -0.4 is 4.72 Å². The van der Waals surface area contributed by atoms with Gasteiger partial charge in [-0.15, -0.1) is 0 Å². The number of nitrogens with one attached hydrogen (secondary N) is 2. The highest BCUT2D eigenvalue weighted by Gasteiger charge is 2.28. The van der Waals surface area contributed by atoms with Crippen molar-refractivity contribution in [3.63, 3.8) is 0 Å². The van der Waals surface area contributed by atoms with Gasteiger partial charge in [-0.2, -0.15) is 10.1 Å². The van der Waals surface area contributed by atoms with Gasteiger partial charge in [0.05, 0.1) is 0 Å². The van der Waals surface area contributed by atoms with Gasteiger partial charge in [0, 0.05) is 11.7 Å². The van der Waals surface area contributed by atoms with E-state index in [4.69, 9.17) is 4.52 Å². The molecule has 2 aromatic heterocycles. The van der Waals surface area contributed by atoms with Crippen molar-refractivity contribution < 1.29 is 12.9 Å². The molecule has 0 unspecified atom stereocenters. The van der Waals surface area contributed by atoms with Crippen LogP contribution in [-0.4, -0.2) is 34.8 Å². The van der Waals surface area contributed by atoms with Crippen molar-refractivity contribution in [1.82, 2.24) is 25.1 Å². The van der Waals surface area contributed by atoms with Crippen molar-refractivity contribution in [1.29, 1.82) is 0 Å². The van der Waals surface area contributed by atoms with Gasteiger partial charge in [-0.05, 0) is 25.8 Å². The number of aromatic nitrogens is 4. The third kappa shape index (κ3) is 2.99. The summed E-state index contributed by atoms with van der Waals surface area (Å²) in [6.45, 7) is 1.85. The summed E-state index contributed by atoms with van der Waals surface area (Å²) < 4.78 is 31.0. The summed E-state index contributed by atoms with van der Waals surface area (Å²) in [4.78, 5) is 4.03. The predicted molar refractivity (Wildman–Crippen MR) is 65.4 cm³/mol. The average molecular weight is 283 g/mol. The highest BCUT2D eigenvalue weighted by Crippen LogP contribution is 2.21. The van der Waals surface area contributed by atoms with E-state index in [1.807, 2.05) is 6.92 Å². The number of nitrogens with zero attached hydrogens (tertiary/aromatic N) is 3. The molecule has 0 amide bonds. The lowest BCUT2D eigenvalue weighted by molar-refractivity contribution is 0.423. The predicted octanol–water partition coefficient (Wildman–Crippen LogP) is 0.350. The third-order valence-corrected chi connectivity index (χ3v) is 3.97. The Labute approximate surface area is 109 Å². The number of sulfonamides is 1. The second-order valence-corrected chi connectivity index (χ2v) is 6.36. The molecule has 1 fully saturated rings. The zero-order valence-electron chi connectivity index (χ0n) is 10.3. The number of hydrogen-bond acceptors (Lipinski definition) is 6. The van der Waals surface area contributed by atoms with Gasteiger partial charge < -0.3 is 4.52 Å². The summed E-state index contributed by atoms with van der Waals surface area (Å²) in [6, 6.07) is 1.82. The van der Waals surface area contributed by atoms with Crippen LogP contribution in [0.1, 0.15) is 24.4 Å². The number of aryl methyl sites for hydroxylation is 1. The van der Waals surface area contributed by atoms with Gasteiger partial charge in [0.2, 0.25) is 10.0 Å². The maximum absolute atomic E-state index is 11.7. The molecule has 2 heterocycles. The normalized spacial score (nSPS) is 15.8. The average Bonchev–Trinajstić information content (AvgIpc) is 2.84. The number of aromatic amines is 1. The van der Waals surface area contributed by atoms with Crippen LogP contribution >= 0.6 is 0 Å². The molecule has 1 aliphatic carbocycles. The van der Waals surface area contributed by atoms with E-state index in [1.165, 1.54) is 0 Å². The van der Waals surface area contributed by atoms with Crippen molar-refractivity contribution in [2.24, 2.45) is 0 Å². The van der Waals surface area contributed by atoms with Gasteiger partial charge in [-0.1, -0.05) is 5.16 Å². The Morgan fingerprint density at radius 1 is 1.53 bits per heavy atom. The van der Waals surface area contributed by atoms with Crippen molar-refractivity contribution in [3.05, 3.63) is 17.6 Å². The van der Waals surface area contributed by atoms with E-state index in [2.05, 4.69) is 25.1 Å². The largest absolute Gasteiger partial charge is 0.332 e. The topological polar surface area (TPSA) is 114 Å². The van der Waals surface area contributed by atoms with Gasteiger partial charge in [-0.25, -0.2) is 13.1 Å². The van der Waals surface area contributed by atoms with Crippen LogP contribution in [0.4, 0.5) is 0 Å². The fraction of sp³-hybridized carbons (Fsp3) is 0.500. The van der Waals surface area contributed by atoms with E-state index in [9.17, 15) is 8.42 Å². The second kappa shape index (κ2) is 4.42. The van der Waals surface area contributed by atoms with Gasteiger partial charge >= 0.3 is 0 Å². The Hall–Kier alpha value is -1.74. The van der Waals surface area contributed by atoms with Crippen molar-refractivity contribution in [2.75, 3.05) is 0 Å². The fourth-order valence-corrected chi connectivity index (χ4v) is 2.90. The molecule has 0 radical (unpaired) electrons. The van der Waals surface area contributed by atoms with E-state index >= 15 is 0 Å². The quantitative estimate of drug-likeness (QED) is 0.818. The minimum atomic E-state index is -3.40. The molecule has 0 aromatic carbocycles. The highest BCUT2D eigenvalue weighted by molar-refractivity contribution is 7.88. The lowest BCUT2D eigenvalue weighted by Crippen LogP contribution is -2.27. The highest BCUT2D eigenvalue weighted by atomic mass is 32.2. The van der Waals surface area contributed by atoms with Crippen LogP contribution in [0.25, 0.3) is 11.6 Å². The number of hydrogen-bond donors (Lipinski definition) is 2. The Kier molecular flexibility index (Phi) is 2.86. The van der Waals surface area contributed by atoms with Gasteiger partial charge in [-0.3, -0.25) is 5.10 Å². The van der Waals surface area contributed by atoms with E-state index in [1.54, 1.807) is 6.07 Å². The van der Waals surface area contributed by atoms with Crippen molar-refractivity contribution in [3.8, 4) is 11.6 Å². The molecule has 0 saturated heterocycles. The van der Waals surface area contributed by atoms with Crippen LogP contribution in [0.2, 0.25) is 0 Å². The summed E-state index contributed by atoms with van der Waals surface area (Å²) >= 11 is 0. The molecular weight excluding hydrogens is 270 g/mol. The van der Waals surface area contributed by atoms with Gasteiger partial charge in [0.25, 0.3) is 5.89 Å². The van der Waals surface area contributed by atoms with Crippen molar-refractivity contribution in [2.45, 2.75) is 31.6 Å². The fourth-order valence-electron chi connectivity index (χ4n) is 1.61. The Morgan fingerprint density at radius 2 is 2.32 bits per heavy atom. The first kappa shape index (κ1) is 12.3. The summed E-state index contributed by atoms with van der Waals surface area (Å²) in [5.41, 5.74) is 1.36. The first-order chi connectivity index (χ1) is 9.02. The molecule has 1 aliphatic rings. The summed E-state index contributed by atoms with van der Waals surface area (Å²) in [7, 11) is -3.40. The number of rotatable bonds is 5. The Bertz CT molecular complexity index is 686. The van der Waals surface area contributed by atoms with Crippen LogP contribution in [0.15, 0.2) is 10.6 Å². The van der Waals surface area contributed by atoms with Gasteiger partial charge in [0.15, 0.2) is 11.5 Å². The van der Waals surface area contributed by atoms with E-state index < -0.39 is 10.0 Å². The maximum Gasteiger partial charge on any atom is 0.278 e. The molecule has 2 aromatic rings. The minimum Gasteiger partial charge on any atom is -0.332 e. The maximum atomic E-state index is 11.7. The van der Waals surface area contributed by atoms with Crippen LogP contribution in [0, 0.1) is 6.92 Å². The van der Waals surface area contributed by atoms with Gasteiger partial charge in [0.1, 0.15) is 5.75 Å². The van der Waals surface area contributed by atoms with Crippen LogP contribution in [-0.2, 0) is 15.8 Å². The standard InChI is InChI=1S/C10H13N5O3S/c1-6-4-8(13-12-6)10-11-9(14-18-10)5-19(16,17)15-7-2-3-7/h4,7,15H,2-3,5H2,1H3,(H,12,13). The molecule has 0 atom stereocenters. The van der Waals surface area contributed by atoms with Crippen LogP contribution in [0.5, 0.6) is 0 Å². The molecule has 0 spiro atoms. The first-order valence-corrected chi connectivity index (χ1v) is 7.52. The molecule has 102 valence electrons. The molecule has 3 rings (SSSR count). The Balaban J connectivity index is 1.74. The molecule has 19 heavy (non-hydrogen) atoms.